The van der Waals surface area contributed by atoms with E-state index in [9.17, 15) is 4.79 Å². The Kier molecular flexibility index (Phi) is 5.24. The van der Waals surface area contributed by atoms with E-state index in [1.807, 2.05) is 55.5 Å². The van der Waals surface area contributed by atoms with Crippen molar-refractivity contribution in [1.29, 1.82) is 0 Å². The minimum atomic E-state index is -0.409. The first-order chi connectivity index (χ1) is 16.0. The maximum Gasteiger partial charge on any atom is 0.261 e. The van der Waals surface area contributed by atoms with Gasteiger partial charge >= 0.3 is 0 Å². The number of nitrogens with zero attached hydrogens (tertiary/aromatic N) is 4. The number of carbonyl (C=O) groups is 1. The van der Waals surface area contributed by atoms with Crippen LogP contribution in [0.4, 0.5) is 11.5 Å². The van der Waals surface area contributed by atoms with Crippen molar-refractivity contribution in [2.24, 2.45) is 5.10 Å². The van der Waals surface area contributed by atoms with Gasteiger partial charge in [0, 0.05) is 10.7 Å². The molecule has 0 atom stereocenters. The summed E-state index contributed by atoms with van der Waals surface area (Å²) in [6, 6.07) is 22.2. The molecule has 162 valence electrons. The van der Waals surface area contributed by atoms with Crippen molar-refractivity contribution < 1.29 is 4.79 Å². The van der Waals surface area contributed by atoms with Gasteiger partial charge in [-0.05, 0) is 48.9 Å². The zero-order valence-corrected chi connectivity index (χ0v) is 18.4. The van der Waals surface area contributed by atoms with Gasteiger partial charge in [-0.2, -0.15) is 9.78 Å². The number of para-hydroxylation sites is 2. The Hall–Kier alpha value is -4.23. The molecule has 2 aromatic heterocycles. The first kappa shape index (κ1) is 20.7. The van der Waals surface area contributed by atoms with Crippen LogP contribution in [0.5, 0.6) is 0 Å². The first-order valence-corrected chi connectivity index (χ1v) is 10.6. The van der Waals surface area contributed by atoms with E-state index in [2.05, 4.69) is 15.4 Å². The number of hydrogen-bond acceptors (Lipinski definition) is 5. The summed E-state index contributed by atoms with van der Waals surface area (Å²) in [5, 5.41) is 7.95. The number of halogens is 1. The molecule has 0 unspecified atom stereocenters. The number of anilines is 2. The van der Waals surface area contributed by atoms with Crippen molar-refractivity contribution >= 4 is 57.4 Å². The van der Waals surface area contributed by atoms with Gasteiger partial charge in [0.05, 0.1) is 17.2 Å². The third-order valence-electron chi connectivity index (χ3n) is 5.20. The van der Waals surface area contributed by atoms with Gasteiger partial charge in [0.25, 0.3) is 5.91 Å². The van der Waals surface area contributed by atoms with Crippen LogP contribution in [0.25, 0.3) is 22.2 Å². The van der Waals surface area contributed by atoms with Crippen molar-refractivity contribution in [3.05, 3.63) is 94.5 Å². The van der Waals surface area contributed by atoms with Crippen molar-refractivity contribution in [3.63, 3.8) is 0 Å². The minimum Gasteiger partial charge on any atom is -0.383 e. The maximum atomic E-state index is 13.2. The van der Waals surface area contributed by atoms with Crippen molar-refractivity contribution in [1.82, 2.24) is 14.6 Å². The largest absolute Gasteiger partial charge is 0.383 e. The molecule has 1 amide bonds. The zero-order valence-electron chi connectivity index (χ0n) is 17.7. The fourth-order valence-electron chi connectivity index (χ4n) is 3.49. The second-order valence-electron chi connectivity index (χ2n) is 7.57. The molecule has 7 nitrogen and oxygen atoms in total. The Labute approximate surface area is 194 Å². The van der Waals surface area contributed by atoms with Crippen LogP contribution in [-0.4, -0.2) is 26.8 Å². The Morgan fingerprint density at radius 1 is 1.00 bits per heavy atom. The predicted octanol–water partition coefficient (Wildman–Crippen LogP) is 5.26. The van der Waals surface area contributed by atoms with Crippen LogP contribution in [0.2, 0.25) is 5.02 Å². The highest BCUT2D eigenvalue weighted by Crippen LogP contribution is 2.29. The Bertz CT molecular complexity index is 1520. The molecule has 0 radical (unpaired) electrons. The third kappa shape index (κ3) is 4.02. The van der Waals surface area contributed by atoms with Crippen LogP contribution < -0.4 is 11.1 Å². The number of aryl methyl sites for hydroxylation is 1. The number of benzene rings is 3. The molecule has 0 aliphatic rings. The summed E-state index contributed by atoms with van der Waals surface area (Å²) in [6.45, 7) is 2.02. The standard InChI is InChI=1S/C25H19ClN6O/c1-15-6-8-16(9-7-15)14-28-32-23(27)21(25(33)29-18-12-10-17(26)11-13-18)22-24(32)31-20-5-3-2-4-19(20)30-22/h2-14H,27H2,1H3,(H,29,33). The van der Waals surface area contributed by atoms with E-state index in [1.165, 1.54) is 4.68 Å². The molecule has 5 rings (SSSR count). The van der Waals surface area contributed by atoms with E-state index in [4.69, 9.17) is 22.3 Å². The highest BCUT2D eigenvalue weighted by molar-refractivity contribution is 6.30. The number of carbonyl (C=O) groups excluding carboxylic acids is 1. The lowest BCUT2D eigenvalue weighted by atomic mass is 10.2. The summed E-state index contributed by atoms with van der Waals surface area (Å²) in [5.74, 6) is -0.260. The molecule has 0 spiro atoms. The normalized spacial score (nSPS) is 11.5. The Morgan fingerprint density at radius 3 is 2.36 bits per heavy atom. The highest BCUT2D eigenvalue weighted by Gasteiger charge is 2.24. The molecule has 0 fully saturated rings. The molecule has 0 saturated carbocycles. The Morgan fingerprint density at radius 2 is 1.67 bits per heavy atom. The van der Waals surface area contributed by atoms with Gasteiger partial charge in [0.15, 0.2) is 5.65 Å². The molecule has 0 bridgehead atoms. The number of aromatic nitrogens is 3. The third-order valence-corrected chi connectivity index (χ3v) is 5.45. The van der Waals surface area contributed by atoms with Gasteiger partial charge < -0.3 is 11.1 Å². The molecule has 33 heavy (non-hydrogen) atoms. The fourth-order valence-corrected chi connectivity index (χ4v) is 3.62. The van der Waals surface area contributed by atoms with Gasteiger partial charge in [-0.15, -0.1) is 0 Å². The molecule has 5 aromatic rings. The summed E-state index contributed by atoms with van der Waals surface area (Å²) >= 11 is 5.95. The van der Waals surface area contributed by atoms with Gasteiger partial charge in [-0.1, -0.05) is 53.6 Å². The predicted molar refractivity (Wildman–Crippen MR) is 133 cm³/mol. The Balaban J connectivity index is 1.65. The molecule has 0 aliphatic carbocycles. The number of hydrogen-bond donors (Lipinski definition) is 2. The minimum absolute atomic E-state index is 0.148. The van der Waals surface area contributed by atoms with E-state index < -0.39 is 5.91 Å². The lowest BCUT2D eigenvalue weighted by Crippen LogP contribution is -2.14. The fraction of sp³-hybridized carbons (Fsp3) is 0.0400. The summed E-state index contributed by atoms with van der Waals surface area (Å²) in [7, 11) is 0. The summed E-state index contributed by atoms with van der Waals surface area (Å²) in [6.07, 6.45) is 1.67. The summed E-state index contributed by atoms with van der Waals surface area (Å²) < 4.78 is 1.45. The number of nitrogen functional groups attached to an aromatic ring is 1. The van der Waals surface area contributed by atoms with E-state index in [0.717, 1.165) is 11.1 Å². The zero-order chi connectivity index (χ0) is 22.9. The lowest BCUT2D eigenvalue weighted by Gasteiger charge is -2.05. The second kappa shape index (κ2) is 8.37. The monoisotopic (exact) mass is 454 g/mol. The van der Waals surface area contributed by atoms with Crippen LogP contribution in [0.1, 0.15) is 21.5 Å². The van der Waals surface area contributed by atoms with Crippen molar-refractivity contribution in [3.8, 4) is 0 Å². The van der Waals surface area contributed by atoms with Crippen molar-refractivity contribution in [2.75, 3.05) is 11.1 Å². The average molecular weight is 455 g/mol. The second-order valence-corrected chi connectivity index (χ2v) is 8.01. The van der Waals surface area contributed by atoms with Crippen LogP contribution in [0.3, 0.4) is 0 Å². The quantitative estimate of drug-likeness (QED) is 0.362. The average Bonchev–Trinajstić information content (AvgIpc) is 3.09. The maximum absolute atomic E-state index is 13.2. The van der Waals surface area contributed by atoms with Gasteiger partial charge in [-0.25, -0.2) is 9.97 Å². The molecule has 0 saturated heterocycles. The molecule has 3 aromatic carbocycles. The lowest BCUT2D eigenvalue weighted by molar-refractivity contribution is 0.102. The van der Waals surface area contributed by atoms with Gasteiger partial charge in [-0.3, -0.25) is 4.79 Å². The number of amides is 1. The van der Waals surface area contributed by atoms with Crippen molar-refractivity contribution in [2.45, 2.75) is 6.92 Å². The topological polar surface area (TPSA) is 98.2 Å². The summed E-state index contributed by atoms with van der Waals surface area (Å²) in [4.78, 5) is 22.6. The SMILES string of the molecule is Cc1ccc(C=Nn2c(N)c(C(=O)Nc3ccc(Cl)cc3)c3nc4ccccc4nc32)cc1. The van der Waals surface area contributed by atoms with Crippen LogP contribution in [0.15, 0.2) is 77.9 Å². The smallest absolute Gasteiger partial charge is 0.261 e. The molecular weight excluding hydrogens is 436 g/mol. The first-order valence-electron chi connectivity index (χ1n) is 10.2. The van der Waals surface area contributed by atoms with Gasteiger partial charge in [0.1, 0.15) is 16.9 Å². The molecule has 3 N–H and O–H groups in total. The molecule has 0 aliphatic heterocycles. The highest BCUT2D eigenvalue weighted by atomic mass is 35.5. The molecular formula is C25H19ClN6O. The van der Waals surface area contributed by atoms with Crippen LogP contribution in [0, 0.1) is 6.92 Å². The van der Waals surface area contributed by atoms with E-state index in [-0.39, 0.29) is 11.4 Å². The number of nitrogens with one attached hydrogen (secondary N) is 1. The number of fused-ring (bicyclic) bond motifs is 2. The molecule has 2 heterocycles. The van der Waals surface area contributed by atoms with Crippen LogP contribution in [-0.2, 0) is 0 Å². The van der Waals surface area contributed by atoms with E-state index >= 15 is 0 Å². The number of rotatable bonds is 4. The van der Waals surface area contributed by atoms with Gasteiger partial charge in [0.2, 0.25) is 0 Å². The van der Waals surface area contributed by atoms with Crippen LogP contribution >= 0.6 is 11.6 Å². The summed E-state index contributed by atoms with van der Waals surface area (Å²) in [5.41, 5.74) is 11.4. The van der Waals surface area contributed by atoms with E-state index in [1.54, 1.807) is 30.5 Å². The number of nitrogens with two attached hydrogens (primary N) is 1. The molecule has 8 heteroatoms. The van der Waals surface area contributed by atoms with E-state index in [0.29, 0.717) is 32.9 Å².